The monoisotopic (exact) mass is 285 g/mol. The normalized spacial score (nSPS) is 25.8. The molecule has 3 N–H and O–H groups in total. The molecule has 1 aliphatic rings. The maximum Gasteiger partial charge on any atom is 0.337 e. The molecule has 0 aliphatic heterocycles. The van der Waals surface area contributed by atoms with E-state index in [2.05, 4.69) is 12.2 Å². The third kappa shape index (κ3) is 5.12. The topological polar surface area (TPSA) is 86.6 Å². The molecule has 1 saturated carbocycles. The molecule has 0 bridgehead atoms. The van der Waals surface area contributed by atoms with Crippen molar-refractivity contribution in [3.63, 3.8) is 0 Å². The van der Waals surface area contributed by atoms with Gasteiger partial charge in [-0.1, -0.05) is 26.2 Å². The molecule has 5 heteroatoms. The SMILES string of the molecule is CCCCC1CCC(C(=O)NCC(C)(O)C(=O)O)CC1. The third-order valence-electron chi connectivity index (χ3n) is 4.25. The van der Waals surface area contributed by atoms with Gasteiger partial charge in [0.2, 0.25) is 5.91 Å². The minimum absolute atomic E-state index is 0.0301. The Kier molecular flexibility index (Phi) is 6.46. The van der Waals surface area contributed by atoms with Crippen molar-refractivity contribution in [1.29, 1.82) is 0 Å². The molecule has 1 rings (SSSR count). The second-order valence-electron chi connectivity index (χ2n) is 6.16. The standard InChI is InChI=1S/C15H27NO4/c1-3-4-5-11-6-8-12(9-7-11)13(17)16-10-15(2,20)14(18)19/h11-12,20H,3-10H2,1-2H3,(H,16,17)(H,18,19). The van der Waals surface area contributed by atoms with Crippen LogP contribution in [0.25, 0.3) is 0 Å². The smallest absolute Gasteiger partial charge is 0.337 e. The molecule has 0 aromatic heterocycles. The van der Waals surface area contributed by atoms with Crippen molar-refractivity contribution in [2.45, 2.75) is 64.4 Å². The molecule has 20 heavy (non-hydrogen) atoms. The molecule has 5 nitrogen and oxygen atoms in total. The van der Waals surface area contributed by atoms with Gasteiger partial charge in [0.1, 0.15) is 0 Å². The van der Waals surface area contributed by atoms with E-state index in [1.807, 2.05) is 0 Å². The number of amides is 1. The van der Waals surface area contributed by atoms with Gasteiger partial charge in [0.05, 0.1) is 6.54 Å². The van der Waals surface area contributed by atoms with Crippen LogP contribution in [0, 0.1) is 11.8 Å². The van der Waals surface area contributed by atoms with Gasteiger partial charge < -0.3 is 15.5 Å². The van der Waals surface area contributed by atoms with Crippen molar-refractivity contribution in [1.82, 2.24) is 5.32 Å². The number of carbonyl (C=O) groups excluding carboxylic acids is 1. The molecule has 1 aliphatic carbocycles. The molecular formula is C15H27NO4. The number of aliphatic hydroxyl groups is 1. The Bertz CT molecular complexity index is 333. The highest BCUT2D eigenvalue weighted by molar-refractivity contribution is 5.81. The Morgan fingerprint density at radius 1 is 1.25 bits per heavy atom. The van der Waals surface area contributed by atoms with Gasteiger partial charge in [-0.3, -0.25) is 4.79 Å². The predicted molar refractivity (Wildman–Crippen MR) is 76.2 cm³/mol. The van der Waals surface area contributed by atoms with E-state index < -0.39 is 11.6 Å². The lowest BCUT2D eigenvalue weighted by Gasteiger charge is -2.28. The van der Waals surface area contributed by atoms with Gasteiger partial charge in [0.15, 0.2) is 5.60 Å². The molecule has 0 saturated heterocycles. The Morgan fingerprint density at radius 2 is 1.85 bits per heavy atom. The molecular weight excluding hydrogens is 258 g/mol. The highest BCUT2D eigenvalue weighted by atomic mass is 16.4. The van der Waals surface area contributed by atoms with E-state index in [4.69, 9.17) is 5.11 Å². The molecule has 0 heterocycles. The molecule has 1 unspecified atom stereocenters. The van der Waals surface area contributed by atoms with Crippen LogP contribution in [-0.4, -0.2) is 34.2 Å². The van der Waals surface area contributed by atoms with Crippen molar-refractivity contribution in [3.8, 4) is 0 Å². The maximum absolute atomic E-state index is 12.0. The van der Waals surface area contributed by atoms with E-state index in [0.29, 0.717) is 0 Å². The number of hydrogen-bond acceptors (Lipinski definition) is 3. The Hall–Kier alpha value is -1.10. The first-order chi connectivity index (χ1) is 9.36. The number of carboxylic acids is 1. The summed E-state index contributed by atoms with van der Waals surface area (Å²) in [5.41, 5.74) is -1.89. The van der Waals surface area contributed by atoms with E-state index in [9.17, 15) is 14.7 Å². The maximum atomic E-state index is 12.0. The van der Waals surface area contributed by atoms with Crippen molar-refractivity contribution < 1.29 is 19.8 Å². The van der Waals surface area contributed by atoms with E-state index in [1.54, 1.807) is 0 Å². The number of unbranched alkanes of at least 4 members (excludes halogenated alkanes) is 1. The molecule has 1 amide bonds. The van der Waals surface area contributed by atoms with E-state index in [-0.39, 0.29) is 18.4 Å². The first-order valence-corrected chi connectivity index (χ1v) is 7.60. The van der Waals surface area contributed by atoms with Crippen LogP contribution < -0.4 is 5.32 Å². The lowest BCUT2D eigenvalue weighted by molar-refractivity contribution is -0.156. The first-order valence-electron chi connectivity index (χ1n) is 7.60. The van der Waals surface area contributed by atoms with Gasteiger partial charge in [-0.2, -0.15) is 0 Å². The second-order valence-corrected chi connectivity index (χ2v) is 6.16. The van der Waals surface area contributed by atoms with Gasteiger partial charge in [0.25, 0.3) is 0 Å². The number of rotatable bonds is 7. The Balaban J connectivity index is 2.31. The second kappa shape index (κ2) is 7.62. The molecule has 0 aromatic carbocycles. The summed E-state index contributed by atoms with van der Waals surface area (Å²) >= 11 is 0. The Labute approximate surface area is 120 Å². The van der Waals surface area contributed by atoms with E-state index in [0.717, 1.165) is 31.6 Å². The molecule has 1 fully saturated rings. The minimum Gasteiger partial charge on any atom is -0.479 e. The summed E-state index contributed by atoms with van der Waals surface area (Å²) < 4.78 is 0. The van der Waals surface area contributed by atoms with Crippen LogP contribution >= 0.6 is 0 Å². The van der Waals surface area contributed by atoms with Crippen LogP contribution in [0.4, 0.5) is 0 Å². The van der Waals surface area contributed by atoms with Crippen LogP contribution in [0.5, 0.6) is 0 Å². The zero-order valence-electron chi connectivity index (χ0n) is 12.5. The largest absolute Gasteiger partial charge is 0.479 e. The highest BCUT2D eigenvalue weighted by Crippen LogP contribution is 2.31. The lowest BCUT2D eigenvalue weighted by Crippen LogP contribution is -2.48. The van der Waals surface area contributed by atoms with Crippen molar-refractivity contribution >= 4 is 11.9 Å². The average molecular weight is 285 g/mol. The molecule has 1 atom stereocenters. The fourth-order valence-electron chi connectivity index (χ4n) is 2.69. The summed E-state index contributed by atoms with van der Waals surface area (Å²) in [7, 11) is 0. The predicted octanol–water partition coefficient (Wildman–Crippen LogP) is 1.93. The number of hydrogen-bond donors (Lipinski definition) is 3. The van der Waals surface area contributed by atoms with Gasteiger partial charge in [-0.25, -0.2) is 4.79 Å². The number of aliphatic carboxylic acids is 1. The fourth-order valence-corrected chi connectivity index (χ4v) is 2.69. The van der Waals surface area contributed by atoms with Crippen LogP contribution in [0.15, 0.2) is 0 Å². The summed E-state index contributed by atoms with van der Waals surface area (Å²) in [4.78, 5) is 22.7. The summed E-state index contributed by atoms with van der Waals surface area (Å²) in [5, 5.41) is 20.9. The molecule has 0 spiro atoms. The van der Waals surface area contributed by atoms with Crippen molar-refractivity contribution in [2.24, 2.45) is 11.8 Å². The summed E-state index contributed by atoms with van der Waals surface area (Å²) in [6.07, 6.45) is 7.61. The van der Waals surface area contributed by atoms with Gasteiger partial charge in [-0.05, 0) is 38.5 Å². The summed E-state index contributed by atoms with van der Waals surface area (Å²) in [6.45, 7) is 3.14. The average Bonchev–Trinajstić information content (AvgIpc) is 2.43. The highest BCUT2D eigenvalue weighted by Gasteiger charge is 2.32. The first kappa shape index (κ1) is 17.0. The zero-order chi connectivity index (χ0) is 15.2. The van der Waals surface area contributed by atoms with Crippen molar-refractivity contribution in [2.75, 3.05) is 6.54 Å². The van der Waals surface area contributed by atoms with E-state index in [1.165, 1.54) is 26.2 Å². The lowest BCUT2D eigenvalue weighted by atomic mass is 9.79. The molecule has 0 aromatic rings. The van der Waals surface area contributed by atoms with Gasteiger partial charge in [0, 0.05) is 5.92 Å². The number of nitrogens with one attached hydrogen (secondary N) is 1. The van der Waals surface area contributed by atoms with Crippen molar-refractivity contribution in [3.05, 3.63) is 0 Å². The van der Waals surface area contributed by atoms with E-state index >= 15 is 0 Å². The van der Waals surface area contributed by atoms with Gasteiger partial charge in [-0.15, -0.1) is 0 Å². The summed E-state index contributed by atoms with van der Waals surface area (Å²) in [6, 6.07) is 0. The summed E-state index contributed by atoms with van der Waals surface area (Å²) in [5.74, 6) is -0.736. The zero-order valence-corrected chi connectivity index (χ0v) is 12.5. The van der Waals surface area contributed by atoms with Crippen LogP contribution in [0.1, 0.15) is 58.8 Å². The quantitative estimate of drug-likeness (QED) is 0.667. The number of carboxylic acid groups (broad SMARTS) is 1. The van der Waals surface area contributed by atoms with Gasteiger partial charge >= 0.3 is 5.97 Å². The number of carbonyl (C=O) groups is 2. The van der Waals surface area contributed by atoms with Crippen LogP contribution in [0.3, 0.4) is 0 Å². The van der Waals surface area contributed by atoms with Crippen LogP contribution in [0.2, 0.25) is 0 Å². The van der Waals surface area contributed by atoms with Crippen LogP contribution in [-0.2, 0) is 9.59 Å². The fraction of sp³-hybridized carbons (Fsp3) is 0.867. The third-order valence-corrected chi connectivity index (χ3v) is 4.25. The molecule has 0 radical (unpaired) electrons. The molecule has 116 valence electrons. The minimum atomic E-state index is -1.89. The Morgan fingerprint density at radius 3 is 2.35 bits per heavy atom.